The Morgan fingerprint density at radius 2 is 2.17 bits per heavy atom. The molecule has 1 aromatic carbocycles. The van der Waals surface area contributed by atoms with Crippen LogP contribution in [0, 0.1) is 11.7 Å². The Labute approximate surface area is 109 Å². The maximum atomic E-state index is 13.2. The molecule has 0 amide bonds. The Kier molecular flexibility index (Phi) is 6.09. The predicted molar refractivity (Wildman–Crippen MR) is 72.4 cm³/mol. The van der Waals surface area contributed by atoms with Crippen molar-refractivity contribution in [2.45, 2.75) is 13.3 Å². The fourth-order valence-corrected chi connectivity index (χ4v) is 1.95. The van der Waals surface area contributed by atoms with Gasteiger partial charge in [-0.1, -0.05) is 6.92 Å². The molecule has 0 bridgehead atoms. The van der Waals surface area contributed by atoms with Crippen molar-refractivity contribution in [2.75, 3.05) is 33.8 Å². The lowest BCUT2D eigenvalue weighted by molar-refractivity contribution is 0.290. The van der Waals surface area contributed by atoms with Gasteiger partial charge in [-0.3, -0.25) is 0 Å². The summed E-state index contributed by atoms with van der Waals surface area (Å²) in [5.74, 6) is 1.00. The highest BCUT2D eigenvalue weighted by atomic mass is 19.1. The molecule has 4 heteroatoms. The number of halogens is 1. The van der Waals surface area contributed by atoms with Crippen molar-refractivity contribution in [3.63, 3.8) is 0 Å². The molecule has 0 aliphatic carbocycles. The quantitative estimate of drug-likeness (QED) is 0.807. The molecule has 1 atom stereocenters. The molecule has 1 aromatic rings. The van der Waals surface area contributed by atoms with Crippen molar-refractivity contribution < 1.29 is 9.13 Å². The number of hydrogen-bond donors (Lipinski definition) is 1. The van der Waals surface area contributed by atoms with E-state index in [4.69, 9.17) is 10.5 Å². The average Bonchev–Trinajstić information content (AvgIpc) is 2.36. The van der Waals surface area contributed by atoms with E-state index in [2.05, 4.69) is 18.9 Å². The Bertz CT molecular complexity index is 371. The van der Waals surface area contributed by atoms with Crippen LogP contribution >= 0.6 is 0 Å². The van der Waals surface area contributed by atoms with Crippen molar-refractivity contribution in [3.8, 4) is 5.75 Å². The summed E-state index contributed by atoms with van der Waals surface area (Å²) < 4.78 is 18.4. The highest BCUT2D eigenvalue weighted by Gasteiger charge is 2.08. The van der Waals surface area contributed by atoms with Gasteiger partial charge in [0, 0.05) is 13.1 Å². The Hall–Kier alpha value is -1.13. The fourth-order valence-electron chi connectivity index (χ4n) is 1.95. The molecule has 0 fully saturated rings. The van der Waals surface area contributed by atoms with E-state index in [1.54, 1.807) is 19.2 Å². The zero-order chi connectivity index (χ0) is 13.5. The van der Waals surface area contributed by atoms with Crippen LogP contribution in [0.25, 0.3) is 0 Å². The molecule has 3 nitrogen and oxygen atoms in total. The van der Waals surface area contributed by atoms with Gasteiger partial charge in [0.15, 0.2) is 0 Å². The van der Waals surface area contributed by atoms with Crippen LogP contribution in [0.2, 0.25) is 0 Å². The van der Waals surface area contributed by atoms with Crippen molar-refractivity contribution in [3.05, 3.63) is 29.6 Å². The van der Waals surface area contributed by atoms with Gasteiger partial charge in [-0.15, -0.1) is 0 Å². The minimum Gasteiger partial charge on any atom is -0.496 e. The van der Waals surface area contributed by atoms with Gasteiger partial charge in [0.05, 0.1) is 7.11 Å². The van der Waals surface area contributed by atoms with Crippen LogP contribution in [0.4, 0.5) is 4.39 Å². The molecule has 0 saturated carbocycles. The molecule has 0 saturated heterocycles. The first-order valence-corrected chi connectivity index (χ1v) is 6.27. The van der Waals surface area contributed by atoms with E-state index in [0.29, 0.717) is 12.5 Å². The molecule has 2 N–H and O–H groups in total. The van der Waals surface area contributed by atoms with Crippen LogP contribution in [-0.4, -0.2) is 38.7 Å². The van der Waals surface area contributed by atoms with Crippen molar-refractivity contribution in [1.29, 1.82) is 0 Å². The number of likely N-dealkylation sites (N-methyl/N-ethyl adjacent to an activating group) is 1. The van der Waals surface area contributed by atoms with E-state index < -0.39 is 0 Å². The zero-order valence-electron chi connectivity index (χ0n) is 11.4. The molecule has 102 valence electrons. The summed E-state index contributed by atoms with van der Waals surface area (Å²) in [6.07, 6.45) is 0.773. The van der Waals surface area contributed by atoms with Gasteiger partial charge in [0.25, 0.3) is 0 Å². The summed E-state index contributed by atoms with van der Waals surface area (Å²) in [6.45, 7) is 4.63. The minimum absolute atomic E-state index is 0.219. The second kappa shape index (κ2) is 7.34. The second-order valence-corrected chi connectivity index (χ2v) is 4.81. The number of nitrogens with two attached hydrogens (primary N) is 1. The summed E-state index contributed by atoms with van der Waals surface area (Å²) in [5.41, 5.74) is 6.50. The summed E-state index contributed by atoms with van der Waals surface area (Å²) in [4.78, 5) is 2.21. The van der Waals surface area contributed by atoms with Crippen LogP contribution in [0.5, 0.6) is 5.75 Å². The minimum atomic E-state index is -0.219. The highest BCUT2D eigenvalue weighted by Crippen LogP contribution is 2.20. The van der Waals surface area contributed by atoms with Crippen LogP contribution in [0.1, 0.15) is 12.5 Å². The van der Waals surface area contributed by atoms with E-state index in [0.717, 1.165) is 30.8 Å². The van der Waals surface area contributed by atoms with Gasteiger partial charge in [-0.25, -0.2) is 4.39 Å². The normalized spacial score (nSPS) is 12.8. The monoisotopic (exact) mass is 254 g/mol. The predicted octanol–water partition coefficient (Wildman–Crippen LogP) is 1.90. The van der Waals surface area contributed by atoms with E-state index in [1.807, 2.05) is 0 Å². The zero-order valence-corrected chi connectivity index (χ0v) is 11.4. The van der Waals surface area contributed by atoms with Gasteiger partial charge >= 0.3 is 0 Å². The van der Waals surface area contributed by atoms with Crippen molar-refractivity contribution in [1.82, 2.24) is 4.90 Å². The summed E-state index contributed by atoms with van der Waals surface area (Å²) in [7, 11) is 3.66. The van der Waals surface area contributed by atoms with Gasteiger partial charge in [0.1, 0.15) is 11.6 Å². The lowest BCUT2D eigenvalue weighted by Gasteiger charge is -2.20. The number of hydrogen-bond acceptors (Lipinski definition) is 3. The van der Waals surface area contributed by atoms with E-state index in [1.165, 1.54) is 6.07 Å². The summed E-state index contributed by atoms with van der Waals surface area (Å²) in [5, 5.41) is 0. The Balaban J connectivity index is 2.54. The number of benzene rings is 1. The van der Waals surface area contributed by atoms with Crippen molar-refractivity contribution in [2.24, 2.45) is 11.7 Å². The van der Waals surface area contributed by atoms with Crippen LogP contribution < -0.4 is 10.5 Å². The Morgan fingerprint density at radius 1 is 1.44 bits per heavy atom. The first-order chi connectivity index (χ1) is 8.56. The van der Waals surface area contributed by atoms with E-state index >= 15 is 0 Å². The standard InChI is InChI=1S/C14H23FN2O/c1-11(9-16)10-17(2)7-6-12-8-13(15)4-5-14(12)18-3/h4-5,8,11H,6-7,9-10,16H2,1-3H3. The fraction of sp³-hybridized carbons (Fsp3) is 0.571. The summed E-state index contributed by atoms with van der Waals surface area (Å²) in [6, 6.07) is 4.63. The highest BCUT2D eigenvalue weighted by molar-refractivity contribution is 5.34. The SMILES string of the molecule is COc1ccc(F)cc1CCN(C)CC(C)CN. The van der Waals surface area contributed by atoms with Crippen LogP contribution in [-0.2, 0) is 6.42 Å². The lowest BCUT2D eigenvalue weighted by atomic mass is 10.1. The number of ether oxygens (including phenoxy) is 1. The third kappa shape index (κ3) is 4.63. The molecule has 0 spiro atoms. The molecule has 0 heterocycles. The number of methoxy groups -OCH3 is 1. The molecule has 0 radical (unpaired) electrons. The van der Waals surface area contributed by atoms with Gasteiger partial charge in [-0.2, -0.15) is 0 Å². The first kappa shape index (κ1) is 14.9. The van der Waals surface area contributed by atoms with E-state index in [-0.39, 0.29) is 5.82 Å². The molecular formula is C14H23FN2O. The van der Waals surface area contributed by atoms with Crippen LogP contribution in [0.15, 0.2) is 18.2 Å². The second-order valence-electron chi connectivity index (χ2n) is 4.81. The smallest absolute Gasteiger partial charge is 0.123 e. The van der Waals surface area contributed by atoms with Gasteiger partial charge in [-0.05, 0) is 49.7 Å². The van der Waals surface area contributed by atoms with Gasteiger partial charge < -0.3 is 15.4 Å². The molecule has 0 aromatic heterocycles. The molecule has 0 aliphatic heterocycles. The maximum absolute atomic E-state index is 13.2. The van der Waals surface area contributed by atoms with Gasteiger partial charge in [0.2, 0.25) is 0 Å². The number of rotatable bonds is 7. The Morgan fingerprint density at radius 3 is 2.78 bits per heavy atom. The van der Waals surface area contributed by atoms with Crippen molar-refractivity contribution >= 4 is 0 Å². The molecular weight excluding hydrogens is 231 g/mol. The number of nitrogens with zero attached hydrogens (tertiary/aromatic N) is 1. The molecule has 1 rings (SSSR count). The average molecular weight is 254 g/mol. The first-order valence-electron chi connectivity index (χ1n) is 6.27. The molecule has 18 heavy (non-hydrogen) atoms. The largest absolute Gasteiger partial charge is 0.496 e. The maximum Gasteiger partial charge on any atom is 0.123 e. The summed E-state index contributed by atoms with van der Waals surface area (Å²) >= 11 is 0. The van der Waals surface area contributed by atoms with Crippen LogP contribution in [0.3, 0.4) is 0 Å². The molecule has 0 aliphatic rings. The third-order valence-electron chi connectivity index (χ3n) is 3.03. The van der Waals surface area contributed by atoms with E-state index in [9.17, 15) is 4.39 Å². The topological polar surface area (TPSA) is 38.5 Å². The third-order valence-corrected chi connectivity index (χ3v) is 3.03. The lowest BCUT2D eigenvalue weighted by Crippen LogP contribution is -2.30. The molecule has 1 unspecified atom stereocenters.